The zero-order valence-corrected chi connectivity index (χ0v) is 9.09. The Bertz CT molecular complexity index is 486. The molecule has 0 atom stereocenters. The highest BCUT2D eigenvalue weighted by molar-refractivity contribution is 5.77. The van der Waals surface area contributed by atoms with E-state index < -0.39 is 0 Å². The Kier molecular flexibility index (Phi) is 1.72. The molecule has 2 aromatic carbocycles. The van der Waals surface area contributed by atoms with Crippen molar-refractivity contribution in [2.75, 3.05) is 0 Å². The molecule has 1 aliphatic rings. The Hall–Kier alpha value is -1.56. The van der Waals surface area contributed by atoms with Gasteiger partial charge in [-0.3, -0.25) is 0 Å². The molecule has 0 bridgehead atoms. The molecule has 15 heavy (non-hydrogen) atoms. The molecule has 0 saturated carbocycles. The van der Waals surface area contributed by atoms with Gasteiger partial charge in [0, 0.05) is 0 Å². The standard InChI is InChI=1S/C15H13/c1-10-3-5-14-12(7-10)9-13-8-11(2)4-6-15(13)14/h3-7H,9H2,1-2H3. The quantitative estimate of drug-likeness (QED) is 0.511. The van der Waals surface area contributed by atoms with Gasteiger partial charge in [-0.25, -0.2) is 0 Å². The SMILES string of the molecule is Cc1[c]c2c(cc1)-c1ccc(C)cc1C2. The van der Waals surface area contributed by atoms with Gasteiger partial charge < -0.3 is 0 Å². The van der Waals surface area contributed by atoms with Crippen LogP contribution in [0.2, 0.25) is 0 Å². The number of fused-ring (bicyclic) bond motifs is 3. The molecule has 0 heterocycles. The van der Waals surface area contributed by atoms with Crippen LogP contribution in [0.15, 0.2) is 30.3 Å². The fourth-order valence-electron chi connectivity index (χ4n) is 2.37. The first kappa shape index (κ1) is 8.72. The van der Waals surface area contributed by atoms with Crippen LogP contribution in [0.25, 0.3) is 11.1 Å². The molecule has 0 unspecified atom stereocenters. The van der Waals surface area contributed by atoms with E-state index in [1.165, 1.54) is 33.4 Å². The minimum absolute atomic E-state index is 1.05. The second-order valence-corrected chi connectivity index (χ2v) is 4.37. The highest BCUT2D eigenvalue weighted by Crippen LogP contribution is 2.36. The summed E-state index contributed by atoms with van der Waals surface area (Å²) in [5.74, 6) is 0. The van der Waals surface area contributed by atoms with Gasteiger partial charge in [-0.1, -0.05) is 35.9 Å². The number of hydrogen-bond donors (Lipinski definition) is 0. The molecule has 0 aromatic heterocycles. The third kappa shape index (κ3) is 1.29. The highest BCUT2D eigenvalue weighted by atomic mass is 14.2. The van der Waals surface area contributed by atoms with Crippen molar-refractivity contribution in [2.24, 2.45) is 0 Å². The molecule has 0 N–H and O–H groups in total. The maximum absolute atomic E-state index is 3.45. The third-order valence-electron chi connectivity index (χ3n) is 3.09. The van der Waals surface area contributed by atoms with Crippen LogP contribution < -0.4 is 0 Å². The van der Waals surface area contributed by atoms with E-state index in [1.807, 2.05) is 0 Å². The van der Waals surface area contributed by atoms with Gasteiger partial charge in [0.25, 0.3) is 0 Å². The summed E-state index contributed by atoms with van der Waals surface area (Å²) in [6.45, 7) is 4.26. The van der Waals surface area contributed by atoms with Crippen molar-refractivity contribution in [2.45, 2.75) is 20.3 Å². The average Bonchev–Trinajstić information content (AvgIpc) is 2.53. The topological polar surface area (TPSA) is 0 Å². The molecule has 0 nitrogen and oxygen atoms in total. The molecule has 0 aliphatic heterocycles. The zero-order chi connectivity index (χ0) is 10.4. The van der Waals surface area contributed by atoms with Gasteiger partial charge in [-0.2, -0.15) is 0 Å². The number of aryl methyl sites for hydroxylation is 2. The Labute approximate surface area is 90.6 Å². The van der Waals surface area contributed by atoms with Crippen LogP contribution in [0, 0.1) is 19.9 Å². The minimum atomic E-state index is 1.05. The monoisotopic (exact) mass is 193 g/mol. The molecular weight excluding hydrogens is 180 g/mol. The molecule has 0 amide bonds. The average molecular weight is 193 g/mol. The van der Waals surface area contributed by atoms with Gasteiger partial charge in [-0.15, -0.1) is 0 Å². The molecule has 73 valence electrons. The summed E-state index contributed by atoms with van der Waals surface area (Å²) in [7, 11) is 0. The molecule has 0 saturated heterocycles. The van der Waals surface area contributed by atoms with Crippen molar-refractivity contribution in [1.82, 2.24) is 0 Å². The molecule has 1 radical (unpaired) electrons. The minimum Gasteiger partial charge on any atom is -0.0587 e. The summed E-state index contributed by atoms with van der Waals surface area (Å²) in [6.07, 6.45) is 1.05. The second kappa shape index (κ2) is 2.96. The number of benzene rings is 2. The normalized spacial score (nSPS) is 12.4. The molecule has 0 fully saturated rings. The number of hydrogen-bond acceptors (Lipinski definition) is 0. The van der Waals surface area contributed by atoms with Gasteiger partial charge in [0.15, 0.2) is 0 Å². The zero-order valence-electron chi connectivity index (χ0n) is 9.09. The van der Waals surface area contributed by atoms with Crippen molar-refractivity contribution in [1.29, 1.82) is 0 Å². The summed E-state index contributed by atoms with van der Waals surface area (Å²) in [6, 6.07) is 14.5. The van der Waals surface area contributed by atoms with Crippen molar-refractivity contribution in [3.05, 3.63) is 58.7 Å². The molecule has 0 heteroatoms. The fraction of sp³-hybridized carbons (Fsp3) is 0.200. The van der Waals surface area contributed by atoms with E-state index in [9.17, 15) is 0 Å². The maximum Gasteiger partial charge on any atom is -0.000708 e. The summed E-state index contributed by atoms with van der Waals surface area (Å²) in [5, 5.41) is 0. The van der Waals surface area contributed by atoms with E-state index >= 15 is 0 Å². The lowest BCUT2D eigenvalue weighted by Crippen LogP contribution is -1.82. The number of rotatable bonds is 0. The first-order valence-corrected chi connectivity index (χ1v) is 5.36. The molecule has 3 rings (SSSR count). The molecule has 2 aromatic rings. The predicted octanol–water partition coefficient (Wildman–Crippen LogP) is 3.67. The van der Waals surface area contributed by atoms with Crippen molar-refractivity contribution in [3.8, 4) is 11.1 Å². The molecule has 0 spiro atoms. The van der Waals surface area contributed by atoms with Gasteiger partial charge in [0.1, 0.15) is 0 Å². The van der Waals surface area contributed by atoms with Crippen LogP contribution in [-0.2, 0) is 6.42 Å². The van der Waals surface area contributed by atoms with Crippen LogP contribution >= 0.6 is 0 Å². The Morgan fingerprint density at radius 2 is 1.80 bits per heavy atom. The summed E-state index contributed by atoms with van der Waals surface area (Å²) >= 11 is 0. The van der Waals surface area contributed by atoms with Crippen LogP contribution in [0.3, 0.4) is 0 Å². The maximum atomic E-state index is 3.45. The van der Waals surface area contributed by atoms with Crippen LogP contribution in [0.5, 0.6) is 0 Å². The van der Waals surface area contributed by atoms with E-state index in [-0.39, 0.29) is 0 Å². The van der Waals surface area contributed by atoms with E-state index in [1.54, 1.807) is 0 Å². The Balaban J connectivity index is 2.24. The summed E-state index contributed by atoms with van der Waals surface area (Å²) in [5.41, 5.74) is 8.15. The van der Waals surface area contributed by atoms with Crippen LogP contribution in [0.4, 0.5) is 0 Å². The van der Waals surface area contributed by atoms with E-state index in [0.717, 1.165) is 6.42 Å². The second-order valence-electron chi connectivity index (χ2n) is 4.37. The smallest absolute Gasteiger partial charge is 0.000708 e. The summed E-state index contributed by atoms with van der Waals surface area (Å²) in [4.78, 5) is 0. The lowest BCUT2D eigenvalue weighted by Gasteiger charge is -2.01. The van der Waals surface area contributed by atoms with E-state index in [4.69, 9.17) is 0 Å². The first-order chi connectivity index (χ1) is 7.24. The van der Waals surface area contributed by atoms with Gasteiger partial charge in [0.05, 0.1) is 0 Å². The lowest BCUT2D eigenvalue weighted by atomic mass is 10.0. The Morgan fingerprint density at radius 1 is 1.00 bits per heavy atom. The van der Waals surface area contributed by atoms with E-state index in [2.05, 4.69) is 50.2 Å². The van der Waals surface area contributed by atoms with Gasteiger partial charge in [0.2, 0.25) is 0 Å². The first-order valence-electron chi connectivity index (χ1n) is 5.36. The van der Waals surface area contributed by atoms with Gasteiger partial charge in [-0.05, 0) is 54.2 Å². The van der Waals surface area contributed by atoms with Crippen LogP contribution in [0.1, 0.15) is 22.3 Å². The van der Waals surface area contributed by atoms with Crippen LogP contribution in [-0.4, -0.2) is 0 Å². The predicted molar refractivity (Wildman–Crippen MR) is 63.0 cm³/mol. The van der Waals surface area contributed by atoms with Crippen molar-refractivity contribution < 1.29 is 0 Å². The fourth-order valence-corrected chi connectivity index (χ4v) is 2.37. The van der Waals surface area contributed by atoms with Crippen molar-refractivity contribution >= 4 is 0 Å². The third-order valence-corrected chi connectivity index (χ3v) is 3.09. The molecular formula is C15H13. The van der Waals surface area contributed by atoms with E-state index in [0.29, 0.717) is 0 Å². The largest absolute Gasteiger partial charge is 0.0587 e. The lowest BCUT2D eigenvalue weighted by molar-refractivity contribution is 1.23. The van der Waals surface area contributed by atoms with Gasteiger partial charge >= 0.3 is 0 Å². The van der Waals surface area contributed by atoms with Crippen molar-refractivity contribution in [3.63, 3.8) is 0 Å². The highest BCUT2D eigenvalue weighted by Gasteiger charge is 2.17. The Morgan fingerprint density at radius 3 is 2.67 bits per heavy atom. The molecule has 1 aliphatic carbocycles. The summed E-state index contributed by atoms with van der Waals surface area (Å²) < 4.78 is 0.